The predicted octanol–water partition coefficient (Wildman–Crippen LogP) is 4.37. The Balaban J connectivity index is 1.80. The lowest BCUT2D eigenvalue weighted by molar-refractivity contribution is -0.115. The van der Waals surface area contributed by atoms with E-state index in [4.69, 9.17) is 4.74 Å². The number of amides is 2. The SMILES string of the molecule is COc1ccccc1NC(=O)c1sc(NC(=O)Cc2ccccc2)c(C#N)c1C. The molecule has 0 spiro atoms. The molecule has 0 aliphatic carbocycles. The minimum atomic E-state index is -0.364. The van der Waals surface area contributed by atoms with Crippen molar-refractivity contribution in [3.63, 3.8) is 0 Å². The second-order valence-electron chi connectivity index (χ2n) is 6.24. The molecule has 0 atom stereocenters. The molecule has 1 heterocycles. The molecule has 3 aromatic rings. The number of anilines is 2. The molecule has 2 aromatic carbocycles. The Morgan fingerprint density at radius 2 is 1.76 bits per heavy atom. The second kappa shape index (κ2) is 9.04. The molecule has 0 saturated carbocycles. The van der Waals surface area contributed by atoms with Gasteiger partial charge < -0.3 is 15.4 Å². The number of hydrogen-bond acceptors (Lipinski definition) is 5. The number of hydrogen-bond donors (Lipinski definition) is 2. The van der Waals surface area contributed by atoms with E-state index >= 15 is 0 Å². The zero-order valence-corrected chi connectivity index (χ0v) is 16.8. The van der Waals surface area contributed by atoms with Crippen LogP contribution in [-0.2, 0) is 11.2 Å². The number of nitrogens with one attached hydrogen (secondary N) is 2. The van der Waals surface area contributed by atoms with Gasteiger partial charge in [0.25, 0.3) is 5.91 Å². The predicted molar refractivity (Wildman–Crippen MR) is 113 cm³/mol. The lowest BCUT2D eigenvalue weighted by atomic mass is 10.1. The zero-order valence-electron chi connectivity index (χ0n) is 16.0. The molecule has 29 heavy (non-hydrogen) atoms. The molecule has 0 radical (unpaired) electrons. The van der Waals surface area contributed by atoms with Gasteiger partial charge in [0.1, 0.15) is 16.8 Å². The van der Waals surface area contributed by atoms with Crippen LogP contribution in [0.15, 0.2) is 54.6 Å². The van der Waals surface area contributed by atoms with Crippen LogP contribution in [0.4, 0.5) is 10.7 Å². The van der Waals surface area contributed by atoms with Crippen LogP contribution in [0.2, 0.25) is 0 Å². The number of carbonyl (C=O) groups is 2. The molecular weight excluding hydrogens is 386 g/mol. The van der Waals surface area contributed by atoms with Crippen LogP contribution < -0.4 is 15.4 Å². The molecule has 0 bridgehead atoms. The molecule has 146 valence electrons. The second-order valence-corrected chi connectivity index (χ2v) is 7.26. The van der Waals surface area contributed by atoms with Gasteiger partial charge in [-0.25, -0.2) is 0 Å². The number of thiophene rings is 1. The van der Waals surface area contributed by atoms with Crippen molar-refractivity contribution < 1.29 is 14.3 Å². The van der Waals surface area contributed by atoms with E-state index in [2.05, 4.69) is 16.7 Å². The van der Waals surface area contributed by atoms with Crippen LogP contribution in [0, 0.1) is 18.3 Å². The van der Waals surface area contributed by atoms with Gasteiger partial charge in [0.05, 0.1) is 29.7 Å². The number of nitrogens with zero attached hydrogens (tertiary/aromatic N) is 1. The molecule has 1 aromatic heterocycles. The maximum atomic E-state index is 12.8. The van der Waals surface area contributed by atoms with Crippen molar-refractivity contribution in [1.29, 1.82) is 5.26 Å². The molecule has 2 amide bonds. The van der Waals surface area contributed by atoms with Gasteiger partial charge in [-0.2, -0.15) is 5.26 Å². The van der Waals surface area contributed by atoms with Crippen molar-refractivity contribution in [3.8, 4) is 11.8 Å². The van der Waals surface area contributed by atoms with Crippen molar-refractivity contribution in [3.05, 3.63) is 76.2 Å². The topological polar surface area (TPSA) is 91.2 Å². The minimum absolute atomic E-state index is 0.186. The Morgan fingerprint density at radius 1 is 1.07 bits per heavy atom. The van der Waals surface area contributed by atoms with Crippen LogP contribution in [0.3, 0.4) is 0 Å². The molecule has 0 fully saturated rings. The summed E-state index contributed by atoms with van der Waals surface area (Å²) in [5.74, 6) is -0.0744. The smallest absolute Gasteiger partial charge is 0.266 e. The Kier molecular flexibility index (Phi) is 6.27. The highest BCUT2D eigenvalue weighted by Gasteiger charge is 2.22. The lowest BCUT2D eigenvalue weighted by Crippen LogP contribution is -2.14. The summed E-state index contributed by atoms with van der Waals surface area (Å²) in [5.41, 5.74) is 2.22. The molecule has 0 aliphatic heterocycles. The number of benzene rings is 2. The van der Waals surface area contributed by atoms with E-state index in [9.17, 15) is 14.9 Å². The molecule has 2 N–H and O–H groups in total. The number of rotatable bonds is 6. The molecule has 7 heteroatoms. The van der Waals surface area contributed by atoms with Gasteiger partial charge in [-0.3, -0.25) is 9.59 Å². The van der Waals surface area contributed by atoms with E-state index < -0.39 is 0 Å². The van der Waals surface area contributed by atoms with Crippen LogP contribution >= 0.6 is 11.3 Å². The Labute approximate surface area is 172 Å². The summed E-state index contributed by atoms with van der Waals surface area (Å²) in [4.78, 5) is 25.5. The van der Waals surface area contributed by atoms with Gasteiger partial charge in [0.15, 0.2) is 0 Å². The number of para-hydroxylation sites is 2. The summed E-state index contributed by atoms with van der Waals surface area (Å²) < 4.78 is 5.25. The van der Waals surface area contributed by atoms with Crippen molar-refractivity contribution in [2.45, 2.75) is 13.3 Å². The third-order valence-electron chi connectivity index (χ3n) is 4.28. The number of carbonyl (C=O) groups excluding carboxylic acids is 2. The minimum Gasteiger partial charge on any atom is -0.495 e. The van der Waals surface area contributed by atoms with E-state index in [0.717, 1.165) is 16.9 Å². The van der Waals surface area contributed by atoms with Crippen molar-refractivity contribution in [2.75, 3.05) is 17.7 Å². The van der Waals surface area contributed by atoms with Crippen LogP contribution in [0.1, 0.15) is 26.4 Å². The lowest BCUT2D eigenvalue weighted by Gasteiger charge is -2.09. The summed E-state index contributed by atoms with van der Waals surface area (Å²) in [5, 5.41) is 15.5. The van der Waals surface area contributed by atoms with E-state index in [-0.39, 0.29) is 18.2 Å². The highest BCUT2D eigenvalue weighted by molar-refractivity contribution is 7.18. The highest BCUT2D eigenvalue weighted by Crippen LogP contribution is 2.34. The molecule has 0 saturated heterocycles. The average molecular weight is 405 g/mol. The normalized spacial score (nSPS) is 10.1. The molecule has 0 aliphatic rings. The fraction of sp³-hybridized carbons (Fsp3) is 0.136. The van der Waals surface area contributed by atoms with Gasteiger partial charge in [0.2, 0.25) is 5.91 Å². The maximum Gasteiger partial charge on any atom is 0.266 e. The van der Waals surface area contributed by atoms with Crippen LogP contribution in [0.25, 0.3) is 0 Å². The van der Waals surface area contributed by atoms with Crippen molar-refractivity contribution in [2.24, 2.45) is 0 Å². The Bertz CT molecular complexity index is 1080. The summed E-state index contributed by atoms with van der Waals surface area (Å²) in [6, 6.07) is 18.5. The number of ether oxygens (including phenoxy) is 1. The number of nitriles is 1. The monoisotopic (exact) mass is 405 g/mol. The summed E-state index contributed by atoms with van der Waals surface area (Å²) in [6.07, 6.45) is 0.186. The molecule has 3 rings (SSSR count). The Hall–Kier alpha value is -3.63. The van der Waals surface area contributed by atoms with E-state index in [1.807, 2.05) is 30.3 Å². The zero-order chi connectivity index (χ0) is 20.8. The quantitative estimate of drug-likeness (QED) is 0.637. The molecule has 6 nitrogen and oxygen atoms in total. The maximum absolute atomic E-state index is 12.8. The van der Waals surface area contributed by atoms with Gasteiger partial charge in [-0.1, -0.05) is 42.5 Å². The highest BCUT2D eigenvalue weighted by atomic mass is 32.1. The first-order valence-electron chi connectivity index (χ1n) is 8.85. The summed E-state index contributed by atoms with van der Waals surface area (Å²) in [6.45, 7) is 1.69. The fourth-order valence-corrected chi connectivity index (χ4v) is 3.90. The van der Waals surface area contributed by atoms with E-state index in [1.165, 1.54) is 7.11 Å². The molecular formula is C22H19N3O3S. The fourth-order valence-electron chi connectivity index (χ4n) is 2.83. The first kappa shape index (κ1) is 20.1. The van der Waals surface area contributed by atoms with Crippen LogP contribution in [-0.4, -0.2) is 18.9 Å². The summed E-state index contributed by atoms with van der Waals surface area (Å²) in [7, 11) is 1.52. The first-order chi connectivity index (χ1) is 14.0. The largest absolute Gasteiger partial charge is 0.495 e. The van der Waals surface area contributed by atoms with Gasteiger partial charge >= 0.3 is 0 Å². The van der Waals surface area contributed by atoms with Crippen molar-refractivity contribution >= 4 is 33.8 Å². The van der Waals surface area contributed by atoms with Gasteiger partial charge in [0, 0.05) is 0 Å². The first-order valence-corrected chi connectivity index (χ1v) is 9.66. The van der Waals surface area contributed by atoms with E-state index in [0.29, 0.717) is 32.4 Å². The third-order valence-corrected chi connectivity index (χ3v) is 5.49. The number of methoxy groups -OCH3 is 1. The van der Waals surface area contributed by atoms with Gasteiger partial charge in [-0.05, 0) is 30.2 Å². The summed E-state index contributed by atoms with van der Waals surface area (Å²) >= 11 is 1.08. The standard InChI is InChI=1S/C22H19N3O3S/c1-14-16(13-23)22(25-19(26)12-15-8-4-3-5-9-15)29-20(14)21(27)24-17-10-6-7-11-18(17)28-2/h3-11H,12H2,1-2H3,(H,24,27)(H,25,26). The van der Waals surface area contributed by atoms with Crippen LogP contribution in [0.5, 0.6) is 5.75 Å². The Morgan fingerprint density at radius 3 is 2.45 bits per heavy atom. The van der Waals surface area contributed by atoms with Crippen molar-refractivity contribution in [1.82, 2.24) is 0 Å². The molecule has 0 unspecified atom stereocenters. The van der Waals surface area contributed by atoms with E-state index in [1.54, 1.807) is 31.2 Å². The third kappa shape index (κ3) is 4.62. The average Bonchev–Trinajstić information content (AvgIpc) is 3.04. The van der Waals surface area contributed by atoms with Gasteiger partial charge in [-0.15, -0.1) is 11.3 Å².